The molecule has 1 amide bonds. The van der Waals surface area contributed by atoms with Crippen LogP contribution in [-0.2, 0) is 16.0 Å². The second-order valence-corrected chi connectivity index (χ2v) is 5.58. The summed E-state index contributed by atoms with van der Waals surface area (Å²) in [7, 11) is 0. The lowest BCUT2D eigenvalue weighted by Crippen LogP contribution is -2.43. The zero-order valence-corrected chi connectivity index (χ0v) is 12.8. The van der Waals surface area contributed by atoms with Gasteiger partial charge in [0, 0.05) is 19.6 Å². The lowest BCUT2D eigenvalue weighted by Gasteiger charge is -2.25. The summed E-state index contributed by atoms with van der Waals surface area (Å²) in [5.41, 5.74) is 6.90. The van der Waals surface area contributed by atoms with Gasteiger partial charge in [-0.05, 0) is 31.2 Å². The van der Waals surface area contributed by atoms with Crippen LogP contribution in [-0.4, -0.2) is 42.6 Å². The van der Waals surface area contributed by atoms with Crippen LogP contribution in [0.3, 0.4) is 0 Å². The van der Waals surface area contributed by atoms with Crippen molar-refractivity contribution in [1.29, 1.82) is 0 Å². The Hall–Kier alpha value is -1.39. The minimum atomic E-state index is -0.266. The number of hydrogen-bond acceptors (Lipinski definition) is 3. The molecular formula is C17H26N2O2. The van der Waals surface area contributed by atoms with Gasteiger partial charge < -0.3 is 15.4 Å². The number of hydrogen-bond donors (Lipinski definition) is 1. The van der Waals surface area contributed by atoms with Crippen molar-refractivity contribution < 1.29 is 9.53 Å². The quantitative estimate of drug-likeness (QED) is 0.835. The summed E-state index contributed by atoms with van der Waals surface area (Å²) in [5, 5.41) is 0. The second-order valence-electron chi connectivity index (χ2n) is 5.58. The topological polar surface area (TPSA) is 55.6 Å². The van der Waals surface area contributed by atoms with Crippen LogP contribution >= 0.6 is 0 Å². The molecule has 4 heteroatoms. The van der Waals surface area contributed by atoms with Gasteiger partial charge in [-0.2, -0.15) is 0 Å². The van der Waals surface area contributed by atoms with Crippen LogP contribution in [0.15, 0.2) is 30.3 Å². The van der Waals surface area contributed by atoms with Crippen LogP contribution in [0.1, 0.15) is 31.7 Å². The third-order valence-electron chi connectivity index (χ3n) is 4.06. The Morgan fingerprint density at radius 1 is 1.29 bits per heavy atom. The first-order valence-electron chi connectivity index (χ1n) is 7.92. The highest BCUT2D eigenvalue weighted by atomic mass is 16.5. The number of carbonyl (C=O) groups excluding carboxylic acids is 1. The summed E-state index contributed by atoms with van der Waals surface area (Å²) in [6.45, 7) is 3.90. The van der Waals surface area contributed by atoms with Crippen molar-refractivity contribution in [2.45, 2.75) is 44.8 Å². The molecule has 1 aromatic rings. The summed E-state index contributed by atoms with van der Waals surface area (Å²) in [5.74, 6) is 0.104. The SMILES string of the molecule is CCC1CCC(C(=O)N(CCN)CCc2ccccc2)O1. The second kappa shape index (κ2) is 8.15. The van der Waals surface area contributed by atoms with Gasteiger partial charge in [0.2, 0.25) is 0 Å². The van der Waals surface area contributed by atoms with E-state index in [1.807, 2.05) is 23.1 Å². The minimum Gasteiger partial charge on any atom is -0.365 e. The van der Waals surface area contributed by atoms with Crippen molar-refractivity contribution in [3.63, 3.8) is 0 Å². The maximum Gasteiger partial charge on any atom is 0.251 e. The number of benzene rings is 1. The number of carbonyl (C=O) groups is 1. The lowest BCUT2D eigenvalue weighted by atomic mass is 10.1. The highest BCUT2D eigenvalue weighted by Crippen LogP contribution is 2.23. The molecule has 0 aliphatic carbocycles. The predicted octanol–water partition coefficient (Wildman–Crippen LogP) is 1.97. The number of amides is 1. The molecule has 0 radical (unpaired) electrons. The molecule has 1 aliphatic heterocycles. The summed E-state index contributed by atoms with van der Waals surface area (Å²) in [6, 6.07) is 10.2. The van der Waals surface area contributed by atoms with Gasteiger partial charge in [0.05, 0.1) is 6.10 Å². The maximum absolute atomic E-state index is 12.6. The number of nitrogens with two attached hydrogens (primary N) is 1. The zero-order chi connectivity index (χ0) is 15.1. The van der Waals surface area contributed by atoms with E-state index in [1.165, 1.54) is 5.56 Å². The molecule has 0 bridgehead atoms. The van der Waals surface area contributed by atoms with E-state index in [4.69, 9.17) is 10.5 Å². The fourth-order valence-corrected chi connectivity index (χ4v) is 2.79. The van der Waals surface area contributed by atoms with E-state index in [9.17, 15) is 4.79 Å². The zero-order valence-electron chi connectivity index (χ0n) is 12.8. The summed E-state index contributed by atoms with van der Waals surface area (Å²) >= 11 is 0. The van der Waals surface area contributed by atoms with E-state index in [-0.39, 0.29) is 18.1 Å². The molecule has 1 heterocycles. The third-order valence-corrected chi connectivity index (χ3v) is 4.06. The highest BCUT2D eigenvalue weighted by molar-refractivity contribution is 5.81. The Morgan fingerprint density at radius 3 is 2.67 bits per heavy atom. The van der Waals surface area contributed by atoms with Crippen LogP contribution in [0.4, 0.5) is 0 Å². The molecule has 2 N–H and O–H groups in total. The lowest BCUT2D eigenvalue weighted by molar-refractivity contribution is -0.142. The highest BCUT2D eigenvalue weighted by Gasteiger charge is 2.32. The van der Waals surface area contributed by atoms with E-state index < -0.39 is 0 Å². The molecule has 1 saturated heterocycles. The van der Waals surface area contributed by atoms with Gasteiger partial charge >= 0.3 is 0 Å². The molecule has 1 aromatic carbocycles. The molecule has 1 aliphatic rings. The van der Waals surface area contributed by atoms with Gasteiger partial charge in [0.1, 0.15) is 6.10 Å². The van der Waals surface area contributed by atoms with E-state index in [2.05, 4.69) is 19.1 Å². The Labute approximate surface area is 127 Å². The smallest absolute Gasteiger partial charge is 0.251 e. The molecule has 1 fully saturated rings. The Balaban J connectivity index is 1.90. The van der Waals surface area contributed by atoms with Crippen molar-refractivity contribution in [2.75, 3.05) is 19.6 Å². The van der Waals surface area contributed by atoms with E-state index in [0.717, 1.165) is 25.7 Å². The van der Waals surface area contributed by atoms with Gasteiger partial charge in [-0.3, -0.25) is 4.79 Å². The average molecular weight is 290 g/mol. The molecular weight excluding hydrogens is 264 g/mol. The number of rotatable bonds is 7. The molecule has 0 spiro atoms. The largest absolute Gasteiger partial charge is 0.365 e. The predicted molar refractivity (Wildman–Crippen MR) is 84.0 cm³/mol. The van der Waals surface area contributed by atoms with Crippen molar-refractivity contribution in [3.05, 3.63) is 35.9 Å². The average Bonchev–Trinajstić information content (AvgIpc) is 3.01. The van der Waals surface area contributed by atoms with Crippen molar-refractivity contribution >= 4 is 5.91 Å². The van der Waals surface area contributed by atoms with Crippen LogP contribution in [0.5, 0.6) is 0 Å². The van der Waals surface area contributed by atoms with Crippen molar-refractivity contribution in [3.8, 4) is 0 Å². The summed E-state index contributed by atoms with van der Waals surface area (Å²) in [4.78, 5) is 14.4. The first-order chi connectivity index (χ1) is 10.2. The molecule has 0 aromatic heterocycles. The maximum atomic E-state index is 12.6. The van der Waals surface area contributed by atoms with Gasteiger partial charge in [-0.15, -0.1) is 0 Å². The first-order valence-corrected chi connectivity index (χ1v) is 7.92. The standard InChI is InChI=1S/C17H26N2O2/c1-2-15-8-9-16(21-15)17(20)19(13-11-18)12-10-14-6-4-3-5-7-14/h3-7,15-16H,2,8-13,18H2,1H3. The molecule has 0 saturated carbocycles. The van der Waals surface area contributed by atoms with E-state index in [0.29, 0.717) is 19.6 Å². The molecule has 116 valence electrons. The molecule has 21 heavy (non-hydrogen) atoms. The number of nitrogens with zero attached hydrogens (tertiary/aromatic N) is 1. The van der Waals surface area contributed by atoms with Crippen molar-refractivity contribution in [2.24, 2.45) is 5.73 Å². The fourth-order valence-electron chi connectivity index (χ4n) is 2.79. The number of ether oxygens (including phenoxy) is 1. The Kier molecular flexibility index (Phi) is 6.21. The van der Waals surface area contributed by atoms with Crippen molar-refractivity contribution in [1.82, 2.24) is 4.90 Å². The van der Waals surface area contributed by atoms with Gasteiger partial charge in [0.25, 0.3) is 5.91 Å². The van der Waals surface area contributed by atoms with Crippen LogP contribution in [0, 0.1) is 0 Å². The molecule has 2 rings (SSSR count). The Bertz CT molecular complexity index is 436. The van der Waals surface area contributed by atoms with Gasteiger partial charge in [-0.25, -0.2) is 0 Å². The summed E-state index contributed by atoms with van der Waals surface area (Å²) < 4.78 is 5.82. The third kappa shape index (κ3) is 4.55. The van der Waals surface area contributed by atoms with Crippen LogP contribution in [0.2, 0.25) is 0 Å². The molecule has 4 nitrogen and oxygen atoms in total. The van der Waals surface area contributed by atoms with E-state index in [1.54, 1.807) is 0 Å². The van der Waals surface area contributed by atoms with Gasteiger partial charge in [0.15, 0.2) is 0 Å². The Morgan fingerprint density at radius 2 is 2.05 bits per heavy atom. The van der Waals surface area contributed by atoms with Crippen LogP contribution in [0.25, 0.3) is 0 Å². The first kappa shape index (κ1) is 16.0. The fraction of sp³-hybridized carbons (Fsp3) is 0.588. The molecule has 2 unspecified atom stereocenters. The summed E-state index contributed by atoms with van der Waals surface area (Å²) in [6.07, 6.45) is 3.64. The van der Waals surface area contributed by atoms with Crippen LogP contribution < -0.4 is 5.73 Å². The van der Waals surface area contributed by atoms with E-state index >= 15 is 0 Å². The normalized spacial score (nSPS) is 21.4. The minimum absolute atomic E-state index is 0.104. The molecule has 2 atom stereocenters. The van der Waals surface area contributed by atoms with Gasteiger partial charge in [-0.1, -0.05) is 37.3 Å². The monoisotopic (exact) mass is 290 g/mol.